The minimum absolute atomic E-state index is 0.0343. The second-order valence-corrected chi connectivity index (χ2v) is 8.64. The minimum atomic E-state index is -0.521. The Bertz CT molecular complexity index is 1080. The molecule has 0 saturated carbocycles. The molecule has 0 amide bonds. The van der Waals surface area contributed by atoms with Gasteiger partial charge < -0.3 is 15.2 Å². The van der Waals surface area contributed by atoms with Gasteiger partial charge in [0.2, 0.25) is 0 Å². The molecular formula is C27H29NO4. The number of esters is 1. The number of hydrogen-bond donors (Lipinski definition) is 2. The van der Waals surface area contributed by atoms with Gasteiger partial charge in [-0.2, -0.15) is 0 Å². The first kappa shape index (κ1) is 21.9. The smallest absolute Gasteiger partial charge is 0.337 e. The summed E-state index contributed by atoms with van der Waals surface area (Å²) < 4.78 is 5.67. The zero-order valence-electron chi connectivity index (χ0n) is 18.7. The van der Waals surface area contributed by atoms with Crippen LogP contribution in [0.15, 0.2) is 77.1 Å². The van der Waals surface area contributed by atoms with Gasteiger partial charge in [-0.15, -0.1) is 0 Å². The Labute approximate surface area is 188 Å². The highest BCUT2D eigenvalue weighted by Gasteiger charge is 2.41. The van der Waals surface area contributed by atoms with E-state index in [9.17, 15) is 14.7 Å². The summed E-state index contributed by atoms with van der Waals surface area (Å²) in [4.78, 5) is 26.7. The number of Topliss-reactive ketones (excluding diaryl/α,β-unsaturated/α-hetero) is 1. The van der Waals surface area contributed by atoms with Crippen LogP contribution in [0.4, 0.5) is 0 Å². The molecular weight excluding hydrogens is 402 g/mol. The molecule has 1 aliphatic carbocycles. The lowest BCUT2D eigenvalue weighted by Gasteiger charge is -2.37. The van der Waals surface area contributed by atoms with Crippen LogP contribution in [-0.4, -0.2) is 23.0 Å². The SMILES string of the molecule is CC[C@H](C)OC(=O)C1=C(C)NC2=C(C(=O)C[C@@H](c3ccccc3)C2)[C@H]1c1ccc(O)cc1. The van der Waals surface area contributed by atoms with Gasteiger partial charge in [-0.1, -0.05) is 49.4 Å². The molecule has 2 aliphatic rings. The first-order valence-electron chi connectivity index (χ1n) is 11.2. The van der Waals surface area contributed by atoms with E-state index >= 15 is 0 Å². The summed E-state index contributed by atoms with van der Waals surface area (Å²) in [6.45, 7) is 5.69. The van der Waals surface area contributed by atoms with E-state index in [1.807, 2.05) is 39.0 Å². The number of benzene rings is 2. The van der Waals surface area contributed by atoms with E-state index in [4.69, 9.17) is 4.74 Å². The predicted octanol–water partition coefficient (Wildman–Crippen LogP) is 5.10. The summed E-state index contributed by atoms with van der Waals surface area (Å²) in [5.41, 5.74) is 4.59. The van der Waals surface area contributed by atoms with E-state index in [0.29, 0.717) is 36.1 Å². The molecule has 3 atom stereocenters. The second-order valence-electron chi connectivity index (χ2n) is 8.64. The van der Waals surface area contributed by atoms with Gasteiger partial charge in [0.25, 0.3) is 0 Å². The van der Waals surface area contributed by atoms with Gasteiger partial charge in [-0.3, -0.25) is 4.79 Å². The Kier molecular flexibility index (Phi) is 6.17. The van der Waals surface area contributed by atoms with E-state index in [0.717, 1.165) is 16.8 Å². The van der Waals surface area contributed by atoms with Crippen LogP contribution in [0, 0.1) is 0 Å². The van der Waals surface area contributed by atoms with Gasteiger partial charge in [-0.05, 0) is 55.9 Å². The average molecular weight is 432 g/mol. The Morgan fingerprint density at radius 2 is 1.78 bits per heavy atom. The van der Waals surface area contributed by atoms with Crippen molar-refractivity contribution in [3.8, 4) is 5.75 Å². The average Bonchev–Trinajstić information content (AvgIpc) is 2.79. The lowest BCUT2D eigenvalue weighted by atomic mass is 9.71. The highest BCUT2D eigenvalue weighted by Crippen LogP contribution is 2.45. The molecule has 2 aromatic rings. The van der Waals surface area contributed by atoms with E-state index in [1.165, 1.54) is 0 Å². The summed E-state index contributed by atoms with van der Waals surface area (Å²) in [5, 5.41) is 13.2. The van der Waals surface area contributed by atoms with Gasteiger partial charge in [-0.25, -0.2) is 4.79 Å². The van der Waals surface area contributed by atoms with Crippen molar-refractivity contribution in [1.82, 2.24) is 5.32 Å². The van der Waals surface area contributed by atoms with Crippen molar-refractivity contribution in [2.24, 2.45) is 0 Å². The fourth-order valence-corrected chi connectivity index (χ4v) is 4.60. The van der Waals surface area contributed by atoms with Crippen molar-refractivity contribution in [3.05, 3.63) is 88.3 Å². The van der Waals surface area contributed by atoms with Crippen molar-refractivity contribution in [2.75, 3.05) is 0 Å². The number of allylic oxidation sites excluding steroid dienone is 3. The van der Waals surface area contributed by atoms with E-state index in [-0.39, 0.29) is 23.6 Å². The molecule has 0 aromatic heterocycles. The third-order valence-corrected chi connectivity index (χ3v) is 6.43. The maximum atomic E-state index is 13.5. The van der Waals surface area contributed by atoms with Gasteiger partial charge in [0, 0.05) is 29.3 Å². The molecule has 2 aromatic carbocycles. The summed E-state index contributed by atoms with van der Waals surface area (Å²) >= 11 is 0. The molecule has 0 bridgehead atoms. The Morgan fingerprint density at radius 3 is 2.44 bits per heavy atom. The number of carbonyl (C=O) groups is 2. The number of phenolic OH excluding ortho intramolecular Hbond substituents is 1. The molecule has 0 spiro atoms. The standard InChI is InChI=1S/C27H29NO4/c1-4-16(2)32-27(31)24-17(3)28-22-14-20(18-8-6-5-7-9-18)15-23(30)26(22)25(24)19-10-12-21(29)13-11-19/h5-13,16,20,25,28-29H,4,14-15H2,1-3H3/t16-,20-,25-/m0/s1. The molecule has 0 radical (unpaired) electrons. The number of rotatable bonds is 5. The van der Waals surface area contributed by atoms with Crippen LogP contribution in [0.25, 0.3) is 0 Å². The molecule has 4 rings (SSSR count). The number of dihydropyridines is 1. The first-order chi connectivity index (χ1) is 15.4. The predicted molar refractivity (Wildman–Crippen MR) is 123 cm³/mol. The van der Waals surface area contributed by atoms with E-state index in [2.05, 4.69) is 17.4 Å². The lowest BCUT2D eigenvalue weighted by molar-refractivity contribution is -0.144. The number of nitrogens with one attached hydrogen (secondary N) is 1. The highest BCUT2D eigenvalue weighted by molar-refractivity contribution is 6.04. The summed E-state index contributed by atoms with van der Waals surface area (Å²) in [7, 11) is 0. The Morgan fingerprint density at radius 1 is 1.09 bits per heavy atom. The van der Waals surface area contributed by atoms with Crippen LogP contribution >= 0.6 is 0 Å². The van der Waals surface area contributed by atoms with Crippen LogP contribution in [0.3, 0.4) is 0 Å². The summed E-state index contributed by atoms with van der Waals surface area (Å²) in [6.07, 6.45) is 1.58. The van der Waals surface area contributed by atoms with Gasteiger partial charge in [0.05, 0.1) is 11.7 Å². The van der Waals surface area contributed by atoms with Crippen molar-refractivity contribution in [2.45, 2.75) is 58.0 Å². The van der Waals surface area contributed by atoms with Crippen molar-refractivity contribution < 1.29 is 19.4 Å². The van der Waals surface area contributed by atoms with Crippen LogP contribution in [0.1, 0.15) is 63.0 Å². The zero-order valence-corrected chi connectivity index (χ0v) is 18.7. The Balaban J connectivity index is 1.78. The third-order valence-electron chi connectivity index (χ3n) is 6.43. The first-order valence-corrected chi connectivity index (χ1v) is 11.2. The molecule has 1 aliphatic heterocycles. The molecule has 1 heterocycles. The number of phenols is 1. The topological polar surface area (TPSA) is 75.6 Å². The van der Waals surface area contributed by atoms with Gasteiger partial charge >= 0.3 is 5.97 Å². The third kappa shape index (κ3) is 4.20. The van der Waals surface area contributed by atoms with E-state index in [1.54, 1.807) is 24.3 Å². The maximum absolute atomic E-state index is 13.5. The normalized spacial score (nSPS) is 21.7. The summed E-state index contributed by atoms with van der Waals surface area (Å²) in [6, 6.07) is 16.8. The van der Waals surface area contributed by atoms with Crippen LogP contribution < -0.4 is 5.32 Å². The molecule has 5 heteroatoms. The van der Waals surface area contributed by atoms with Crippen molar-refractivity contribution >= 4 is 11.8 Å². The fraction of sp³-hybridized carbons (Fsp3) is 0.333. The van der Waals surface area contributed by atoms with Crippen molar-refractivity contribution in [1.29, 1.82) is 0 Å². The molecule has 2 N–H and O–H groups in total. The van der Waals surface area contributed by atoms with Crippen LogP contribution in [0.2, 0.25) is 0 Å². The Hall–Kier alpha value is -3.34. The zero-order chi connectivity index (χ0) is 22.8. The number of ketones is 1. The monoisotopic (exact) mass is 431 g/mol. The number of carbonyl (C=O) groups excluding carboxylic acids is 2. The minimum Gasteiger partial charge on any atom is -0.508 e. The molecule has 0 fully saturated rings. The number of ether oxygens (including phenoxy) is 1. The molecule has 0 unspecified atom stereocenters. The molecule has 166 valence electrons. The number of aromatic hydroxyl groups is 1. The molecule has 0 saturated heterocycles. The molecule has 32 heavy (non-hydrogen) atoms. The lowest BCUT2D eigenvalue weighted by Crippen LogP contribution is -2.36. The van der Waals surface area contributed by atoms with Gasteiger partial charge in [0.15, 0.2) is 5.78 Å². The largest absolute Gasteiger partial charge is 0.508 e. The maximum Gasteiger partial charge on any atom is 0.337 e. The molecule has 5 nitrogen and oxygen atoms in total. The summed E-state index contributed by atoms with van der Waals surface area (Å²) in [5.74, 6) is -0.663. The van der Waals surface area contributed by atoms with Crippen LogP contribution in [-0.2, 0) is 14.3 Å². The van der Waals surface area contributed by atoms with Crippen LogP contribution in [0.5, 0.6) is 5.75 Å². The quantitative estimate of drug-likeness (QED) is 0.645. The van der Waals surface area contributed by atoms with Crippen molar-refractivity contribution in [3.63, 3.8) is 0 Å². The highest BCUT2D eigenvalue weighted by atomic mass is 16.5. The number of hydrogen-bond acceptors (Lipinski definition) is 5. The van der Waals surface area contributed by atoms with Gasteiger partial charge in [0.1, 0.15) is 5.75 Å². The second kappa shape index (κ2) is 9.03. The fourth-order valence-electron chi connectivity index (χ4n) is 4.60. The van der Waals surface area contributed by atoms with E-state index < -0.39 is 11.9 Å².